The first kappa shape index (κ1) is 13.5. The summed E-state index contributed by atoms with van der Waals surface area (Å²) in [5.41, 5.74) is 5.43. The number of carbonyl (C=O) groups is 1. The minimum atomic E-state index is 0.675. The summed E-state index contributed by atoms with van der Waals surface area (Å²) in [6, 6.07) is 21.6. The van der Waals surface area contributed by atoms with Gasteiger partial charge in [0.25, 0.3) is 0 Å². The molecule has 0 fully saturated rings. The van der Waals surface area contributed by atoms with Crippen LogP contribution in [0.2, 0.25) is 0 Å². The minimum Gasteiger partial charge on any atom is -0.353 e. The van der Waals surface area contributed by atoms with E-state index in [0.717, 1.165) is 39.7 Å². The number of hydrogen-bond donors (Lipinski definition) is 1. The van der Waals surface area contributed by atoms with Crippen LogP contribution in [0.5, 0.6) is 0 Å². The zero-order valence-electron chi connectivity index (χ0n) is 12.4. The maximum atomic E-state index is 11.5. The van der Waals surface area contributed by atoms with Crippen LogP contribution in [-0.2, 0) is 0 Å². The second-order valence-electron chi connectivity index (χ2n) is 5.34. The fourth-order valence-corrected chi connectivity index (χ4v) is 2.95. The van der Waals surface area contributed by atoms with Gasteiger partial charge in [-0.3, -0.25) is 9.78 Å². The molecule has 0 aliphatic heterocycles. The lowest BCUT2D eigenvalue weighted by Crippen LogP contribution is -1.90. The van der Waals surface area contributed by atoms with Crippen LogP contribution in [0.15, 0.2) is 72.9 Å². The Kier molecular flexibility index (Phi) is 3.24. The number of rotatable bonds is 3. The quantitative estimate of drug-likeness (QED) is 0.557. The molecular weight excluding hydrogens is 284 g/mol. The Labute approximate surface area is 133 Å². The smallest absolute Gasteiger partial charge is 0.150 e. The van der Waals surface area contributed by atoms with Crippen molar-refractivity contribution in [3.8, 4) is 22.5 Å². The molecule has 0 aliphatic rings. The van der Waals surface area contributed by atoms with Crippen LogP contribution in [0, 0.1) is 0 Å². The lowest BCUT2D eigenvalue weighted by molar-refractivity contribution is 0.112. The van der Waals surface area contributed by atoms with Gasteiger partial charge in [-0.25, -0.2) is 0 Å². The molecule has 0 amide bonds. The lowest BCUT2D eigenvalue weighted by atomic mass is 9.96. The number of nitrogens with zero attached hydrogens (tertiary/aromatic N) is 1. The van der Waals surface area contributed by atoms with Crippen LogP contribution in [0.25, 0.3) is 33.4 Å². The van der Waals surface area contributed by atoms with Crippen molar-refractivity contribution in [2.45, 2.75) is 0 Å². The maximum absolute atomic E-state index is 11.5. The van der Waals surface area contributed by atoms with E-state index in [1.807, 2.05) is 60.7 Å². The Balaban J connectivity index is 2.10. The molecule has 0 unspecified atom stereocenters. The molecule has 3 nitrogen and oxygen atoms in total. The van der Waals surface area contributed by atoms with Crippen LogP contribution in [0.4, 0.5) is 0 Å². The topological polar surface area (TPSA) is 45.8 Å². The van der Waals surface area contributed by atoms with E-state index >= 15 is 0 Å². The number of H-pyrrole nitrogens is 1. The predicted molar refractivity (Wildman–Crippen MR) is 92.4 cm³/mol. The highest BCUT2D eigenvalue weighted by molar-refractivity contribution is 6.06. The van der Waals surface area contributed by atoms with E-state index in [2.05, 4.69) is 16.0 Å². The van der Waals surface area contributed by atoms with Crippen LogP contribution >= 0.6 is 0 Å². The first-order chi connectivity index (χ1) is 11.4. The zero-order chi connectivity index (χ0) is 15.6. The molecule has 0 bridgehead atoms. The number of aldehydes is 1. The average Bonchev–Trinajstić information content (AvgIpc) is 3.02. The summed E-state index contributed by atoms with van der Waals surface area (Å²) in [5.74, 6) is 0. The Bertz CT molecular complexity index is 987. The molecule has 2 heterocycles. The molecule has 4 rings (SSSR count). The van der Waals surface area contributed by atoms with Gasteiger partial charge in [0.05, 0.1) is 11.4 Å². The molecule has 0 saturated heterocycles. The number of nitrogens with one attached hydrogen (secondary N) is 1. The molecule has 0 atom stereocenters. The summed E-state index contributed by atoms with van der Waals surface area (Å²) in [6.07, 6.45) is 2.68. The number of pyridine rings is 1. The first-order valence-electron chi connectivity index (χ1n) is 7.45. The summed E-state index contributed by atoms with van der Waals surface area (Å²) < 4.78 is 0. The van der Waals surface area contributed by atoms with Crippen LogP contribution in [0.1, 0.15) is 10.4 Å². The van der Waals surface area contributed by atoms with Gasteiger partial charge in [0, 0.05) is 28.2 Å². The van der Waals surface area contributed by atoms with Crippen LogP contribution in [-0.4, -0.2) is 16.3 Å². The number of para-hydroxylation sites is 1. The molecule has 1 N–H and O–H groups in total. The Morgan fingerprint density at radius 1 is 0.870 bits per heavy atom. The van der Waals surface area contributed by atoms with Gasteiger partial charge >= 0.3 is 0 Å². The van der Waals surface area contributed by atoms with Crippen LogP contribution < -0.4 is 0 Å². The van der Waals surface area contributed by atoms with Crippen molar-refractivity contribution in [1.29, 1.82) is 0 Å². The van der Waals surface area contributed by atoms with E-state index in [9.17, 15) is 4.79 Å². The molecule has 3 heteroatoms. The van der Waals surface area contributed by atoms with E-state index in [0.29, 0.717) is 5.56 Å². The fourth-order valence-electron chi connectivity index (χ4n) is 2.95. The zero-order valence-corrected chi connectivity index (χ0v) is 12.4. The van der Waals surface area contributed by atoms with Gasteiger partial charge in [-0.1, -0.05) is 48.5 Å². The molecule has 2 aromatic carbocycles. The number of hydrogen-bond acceptors (Lipinski definition) is 2. The highest BCUT2D eigenvalue weighted by Gasteiger charge is 2.17. The highest BCUT2D eigenvalue weighted by Crippen LogP contribution is 2.38. The monoisotopic (exact) mass is 298 g/mol. The van der Waals surface area contributed by atoms with E-state index in [4.69, 9.17) is 0 Å². The molecule has 110 valence electrons. The average molecular weight is 298 g/mol. The van der Waals surface area contributed by atoms with Crippen molar-refractivity contribution >= 4 is 17.2 Å². The fraction of sp³-hybridized carbons (Fsp3) is 0. The molecule has 0 aliphatic carbocycles. The van der Waals surface area contributed by atoms with Gasteiger partial charge in [0.1, 0.15) is 0 Å². The van der Waals surface area contributed by atoms with Crippen LogP contribution in [0.3, 0.4) is 0 Å². The second kappa shape index (κ2) is 5.54. The largest absolute Gasteiger partial charge is 0.353 e. The standard InChI is InChI=1S/C20H14N2O/c23-13-14-7-1-2-8-15(14)19-16-9-3-4-10-17(16)22-20(19)18-11-5-6-12-21-18/h1-13,22H. The molecule has 23 heavy (non-hydrogen) atoms. The van der Waals surface area contributed by atoms with Crippen molar-refractivity contribution in [1.82, 2.24) is 9.97 Å². The lowest BCUT2D eigenvalue weighted by Gasteiger charge is -2.07. The third kappa shape index (κ3) is 2.23. The Morgan fingerprint density at radius 3 is 2.48 bits per heavy atom. The van der Waals surface area contributed by atoms with Gasteiger partial charge in [0.2, 0.25) is 0 Å². The number of aromatic amines is 1. The molecular formula is C20H14N2O. The summed E-state index contributed by atoms with van der Waals surface area (Å²) in [4.78, 5) is 19.4. The molecule has 0 radical (unpaired) electrons. The van der Waals surface area contributed by atoms with Crippen molar-refractivity contribution in [2.24, 2.45) is 0 Å². The van der Waals surface area contributed by atoms with Gasteiger partial charge < -0.3 is 4.98 Å². The van der Waals surface area contributed by atoms with E-state index in [-0.39, 0.29) is 0 Å². The van der Waals surface area contributed by atoms with E-state index < -0.39 is 0 Å². The number of benzene rings is 2. The first-order valence-corrected chi connectivity index (χ1v) is 7.45. The number of aromatic nitrogens is 2. The number of fused-ring (bicyclic) bond motifs is 1. The second-order valence-corrected chi connectivity index (χ2v) is 5.34. The maximum Gasteiger partial charge on any atom is 0.150 e. The SMILES string of the molecule is O=Cc1ccccc1-c1c(-c2ccccn2)[nH]c2ccccc12. The Morgan fingerprint density at radius 2 is 1.65 bits per heavy atom. The van der Waals surface area contributed by atoms with E-state index in [1.54, 1.807) is 6.20 Å². The van der Waals surface area contributed by atoms with Crippen molar-refractivity contribution in [3.05, 3.63) is 78.5 Å². The third-order valence-corrected chi connectivity index (χ3v) is 3.98. The molecule has 0 spiro atoms. The van der Waals surface area contributed by atoms with Gasteiger partial charge in [-0.05, 0) is 23.8 Å². The van der Waals surface area contributed by atoms with Gasteiger partial charge in [-0.2, -0.15) is 0 Å². The molecule has 2 aromatic heterocycles. The Hall–Kier alpha value is -3.20. The normalized spacial score (nSPS) is 10.8. The summed E-state index contributed by atoms with van der Waals surface area (Å²) in [6.45, 7) is 0. The summed E-state index contributed by atoms with van der Waals surface area (Å²) in [5, 5.41) is 1.09. The van der Waals surface area contributed by atoms with Crippen molar-refractivity contribution < 1.29 is 4.79 Å². The highest BCUT2D eigenvalue weighted by atomic mass is 16.1. The van der Waals surface area contributed by atoms with Gasteiger partial charge in [-0.15, -0.1) is 0 Å². The van der Waals surface area contributed by atoms with Crippen molar-refractivity contribution in [3.63, 3.8) is 0 Å². The predicted octanol–water partition coefficient (Wildman–Crippen LogP) is 4.71. The number of carbonyl (C=O) groups excluding carboxylic acids is 1. The molecule has 0 saturated carbocycles. The third-order valence-electron chi connectivity index (χ3n) is 3.98. The summed E-state index contributed by atoms with van der Waals surface area (Å²) in [7, 11) is 0. The minimum absolute atomic E-state index is 0.675. The van der Waals surface area contributed by atoms with E-state index in [1.165, 1.54) is 0 Å². The van der Waals surface area contributed by atoms with Gasteiger partial charge in [0.15, 0.2) is 6.29 Å². The van der Waals surface area contributed by atoms with Crippen molar-refractivity contribution in [2.75, 3.05) is 0 Å². The molecule has 4 aromatic rings. The summed E-state index contributed by atoms with van der Waals surface area (Å²) >= 11 is 0.